The molecule has 0 amide bonds. The van der Waals surface area contributed by atoms with Crippen LogP contribution >= 0.6 is 0 Å². The molecule has 0 saturated carbocycles. The van der Waals surface area contributed by atoms with Crippen molar-refractivity contribution in [2.24, 2.45) is 5.92 Å². The average Bonchev–Trinajstić information content (AvgIpc) is 2.29. The summed E-state index contributed by atoms with van der Waals surface area (Å²) < 4.78 is 0. The lowest BCUT2D eigenvalue weighted by Gasteiger charge is -2.04. The standard InChI is InChI=1S/C17H24/c1-5-6-16(10-7-14(2)3)13-17-11-8-15(4)9-12-17/h6-12,14H,5,13H2,1-4H3/b10-7-,16-6+. The van der Waals surface area contributed by atoms with Gasteiger partial charge in [0.05, 0.1) is 0 Å². The van der Waals surface area contributed by atoms with E-state index in [2.05, 4.69) is 70.2 Å². The molecule has 0 N–H and O–H groups in total. The van der Waals surface area contributed by atoms with Crippen molar-refractivity contribution in [1.29, 1.82) is 0 Å². The Morgan fingerprint density at radius 1 is 1.18 bits per heavy atom. The minimum Gasteiger partial charge on any atom is -0.0817 e. The predicted octanol–water partition coefficient (Wildman–Crippen LogP) is 5.09. The first-order valence-corrected chi connectivity index (χ1v) is 6.54. The maximum Gasteiger partial charge on any atom is -0.00290 e. The van der Waals surface area contributed by atoms with Crippen LogP contribution in [0, 0.1) is 12.8 Å². The largest absolute Gasteiger partial charge is 0.0817 e. The van der Waals surface area contributed by atoms with Gasteiger partial charge in [-0.15, -0.1) is 0 Å². The second-order valence-corrected chi connectivity index (χ2v) is 4.95. The highest BCUT2D eigenvalue weighted by Gasteiger charge is 1.97. The van der Waals surface area contributed by atoms with Crippen molar-refractivity contribution in [2.75, 3.05) is 0 Å². The molecule has 0 saturated heterocycles. The Kier molecular flexibility index (Phi) is 5.76. The van der Waals surface area contributed by atoms with Crippen LogP contribution in [-0.4, -0.2) is 0 Å². The van der Waals surface area contributed by atoms with Crippen LogP contribution in [0.15, 0.2) is 48.1 Å². The molecule has 0 bridgehead atoms. The van der Waals surface area contributed by atoms with Gasteiger partial charge in [0.2, 0.25) is 0 Å². The van der Waals surface area contributed by atoms with Gasteiger partial charge in [-0.3, -0.25) is 0 Å². The van der Waals surface area contributed by atoms with Gasteiger partial charge in [0.1, 0.15) is 0 Å². The summed E-state index contributed by atoms with van der Waals surface area (Å²) in [5.41, 5.74) is 4.14. The molecule has 0 aromatic heterocycles. The predicted molar refractivity (Wildman–Crippen MR) is 77.2 cm³/mol. The summed E-state index contributed by atoms with van der Waals surface area (Å²) in [6.07, 6.45) is 9.00. The quantitative estimate of drug-likeness (QED) is 0.616. The van der Waals surface area contributed by atoms with Crippen LogP contribution < -0.4 is 0 Å². The Labute approximate surface area is 106 Å². The molecule has 0 radical (unpaired) electrons. The van der Waals surface area contributed by atoms with Gasteiger partial charge in [0, 0.05) is 0 Å². The zero-order chi connectivity index (χ0) is 12.7. The van der Waals surface area contributed by atoms with Gasteiger partial charge in [-0.2, -0.15) is 0 Å². The van der Waals surface area contributed by atoms with E-state index < -0.39 is 0 Å². The second-order valence-electron chi connectivity index (χ2n) is 4.95. The van der Waals surface area contributed by atoms with E-state index in [1.165, 1.54) is 16.7 Å². The van der Waals surface area contributed by atoms with E-state index in [4.69, 9.17) is 0 Å². The monoisotopic (exact) mass is 228 g/mol. The molecule has 0 unspecified atom stereocenters. The van der Waals surface area contributed by atoms with Crippen LogP contribution in [0.1, 0.15) is 38.3 Å². The van der Waals surface area contributed by atoms with Crippen molar-refractivity contribution in [3.8, 4) is 0 Å². The van der Waals surface area contributed by atoms with Crippen molar-refractivity contribution in [3.63, 3.8) is 0 Å². The van der Waals surface area contributed by atoms with Gasteiger partial charge in [-0.1, -0.05) is 68.8 Å². The van der Waals surface area contributed by atoms with E-state index in [9.17, 15) is 0 Å². The van der Waals surface area contributed by atoms with E-state index in [0.717, 1.165) is 12.8 Å². The number of allylic oxidation sites excluding steroid dienone is 4. The molecule has 0 heteroatoms. The van der Waals surface area contributed by atoms with Gasteiger partial charge in [0.15, 0.2) is 0 Å². The van der Waals surface area contributed by atoms with E-state index in [0.29, 0.717) is 5.92 Å². The third kappa shape index (κ3) is 5.53. The van der Waals surface area contributed by atoms with Crippen molar-refractivity contribution < 1.29 is 0 Å². The molecule has 0 aliphatic carbocycles. The van der Waals surface area contributed by atoms with E-state index in [1.54, 1.807) is 0 Å². The van der Waals surface area contributed by atoms with Crippen LogP contribution in [-0.2, 0) is 6.42 Å². The topological polar surface area (TPSA) is 0 Å². The summed E-state index contributed by atoms with van der Waals surface area (Å²) in [4.78, 5) is 0. The van der Waals surface area contributed by atoms with Crippen LogP contribution in [0.25, 0.3) is 0 Å². The SMILES string of the molecule is CC/C=C(\C=C/C(C)C)Cc1ccc(C)cc1. The van der Waals surface area contributed by atoms with Gasteiger partial charge < -0.3 is 0 Å². The number of aryl methyl sites for hydroxylation is 1. The number of hydrogen-bond acceptors (Lipinski definition) is 0. The van der Waals surface area contributed by atoms with Crippen molar-refractivity contribution in [1.82, 2.24) is 0 Å². The smallest absolute Gasteiger partial charge is 0.00290 e. The normalized spacial score (nSPS) is 12.6. The Hall–Kier alpha value is -1.30. The summed E-state index contributed by atoms with van der Waals surface area (Å²) in [6.45, 7) is 8.75. The molecular weight excluding hydrogens is 204 g/mol. The minimum atomic E-state index is 0.619. The zero-order valence-electron chi connectivity index (χ0n) is 11.5. The first-order valence-electron chi connectivity index (χ1n) is 6.54. The van der Waals surface area contributed by atoms with Gasteiger partial charge in [-0.05, 0) is 36.8 Å². The first kappa shape index (κ1) is 13.8. The van der Waals surface area contributed by atoms with Crippen LogP contribution in [0.4, 0.5) is 0 Å². The first-order chi connectivity index (χ1) is 8.11. The highest BCUT2D eigenvalue weighted by Crippen LogP contribution is 2.12. The number of rotatable bonds is 5. The Morgan fingerprint density at radius 2 is 1.82 bits per heavy atom. The maximum absolute atomic E-state index is 2.32. The molecule has 0 aliphatic heterocycles. The molecule has 92 valence electrons. The number of benzene rings is 1. The summed E-state index contributed by atoms with van der Waals surface area (Å²) in [7, 11) is 0. The molecule has 0 fully saturated rings. The molecule has 0 aliphatic rings. The number of hydrogen-bond donors (Lipinski definition) is 0. The van der Waals surface area contributed by atoms with Gasteiger partial charge in [-0.25, -0.2) is 0 Å². The molecule has 0 nitrogen and oxygen atoms in total. The maximum atomic E-state index is 2.32. The average molecular weight is 228 g/mol. The zero-order valence-corrected chi connectivity index (χ0v) is 11.5. The van der Waals surface area contributed by atoms with E-state index in [-0.39, 0.29) is 0 Å². The van der Waals surface area contributed by atoms with Crippen molar-refractivity contribution >= 4 is 0 Å². The Balaban J connectivity index is 2.73. The van der Waals surface area contributed by atoms with Crippen LogP contribution in [0.5, 0.6) is 0 Å². The summed E-state index contributed by atoms with van der Waals surface area (Å²) >= 11 is 0. The van der Waals surface area contributed by atoms with Crippen LogP contribution in [0.2, 0.25) is 0 Å². The van der Waals surface area contributed by atoms with Crippen molar-refractivity contribution in [3.05, 3.63) is 59.2 Å². The molecule has 0 atom stereocenters. The highest BCUT2D eigenvalue weighted by atomic mass is 14.0. The minimum absolute atomic E-state index is 0.619. The van der Waals surface area contributed by atoms with Crippen LogP contribution in [0.3, 0.4) is 0 Å². The fourth-order valence-corrected chi connectivity index (χ4v) is 1.72. The Bertz CT molecular complexity index is 377. The van der Waals surface area contributed by atoms with E-state index in [1.807, 2.05) is 0 Å². The van der Waals surface area contributed by atoms with Crippen molar-refractivity contribution in [2.45, 2.75) is 40.5 Å². The third-order valence-corrected chi connectivity index (χ3v) is 2.69. The van der Waals surface area contributed by atoms with E-state index >= 15 is 0 Å². The van der Waals surface area contributed by atoms with Gasteiger partial charge >= 0.3 is 0 Å². The molecule has 0 spiro atoms. The summed E-state index contributed by atoms with van der Waals surface area (Å²) in [6, 6.07) is 8.82. The highest BCUT2D eigenvalue weighted by molar-refractivity contribution is 5.30. The third-order valence-electron chi connectivity index (χ3n) is 2.69. The molecule has 17 heavy (non-hydrogen) atoms. The summed E-state index contributed by atoms with van der Waals surface area (Å²) in [5.74, 6) is 0.619. The summed E-state index contributed by atoms with van der Waals surface area (Å²) in [5, 5.41) is 0. The lowest BCUT2D eigenvalue weighted by atomic mass is 10.0. The Morgan fingerprint density at radius 3 is 2.35 bits per heavy atom. The molecular formula is C17H24. The molecule has 1 rings (SSSR count). The lowest BCUT2D eigenvalue weighted by Crippen LogP contribution is -1.89. The van der Waals surface area contributed by atoms with Gasteiger partial charge in [0.25, 0.3) is 0 Å². The second kappa shape index (κ2) is 7.11. The fourth-order valence-electron chi connectivity index (χ4n) is 1.72. The lowest BCUT2D eigenvalue weighted by molar-refractivity contribution is 0.829. The fraction of sp³-hybridized carbons (Fsp3) is 0.412. The molecule has 1 aromatic carbocycles. The molecule has 0 heterocycles. The molecule has 1 aromatic rings.